The standard InChI is InChI=1S/C23H24O4/c1-5-19(24)15-26-21-11-7-17(8-12-21)23(3,4)18-9-13-22(14-10-18)27-16-20(25)6-2/h5-14H,1-2,15-16H2,3-4H3. The number of ketones is 2. The van der Waals surface area contributed by atoms with Crippen LogP contribution in [0.1, 0.15) is 25.0 Å². The summed E-state index contributed by atoms with van der Waals surface area (Å²) in [6, 6.07) is 15.4. The van der Waals surface area contributed by atoms with Crippen LogP contribution in [-0.4, -0.2) is 24.8 Å². The molecule has 0 N–H and O–H groups in total. The Morgan fingerprint density at radius 1 is 0.778 bits per heavy atom. The molecule has 4 heteroatoms. The smallest absolute Gasteiger partial charge is 0.192 e. The highest BCUT2D eigenvalue weighted by Crippen LogP contribution is 2.33. The second-order valence-corrected chi connectivity index (χ2v) is 6.59. The molecule has 0 aliphatic carbocycles. The monoisotopic (exact) mass is 364 g/mol. The van der Waals surface area contributed by atoms with E-state index in [-0.39, 0.29) is 30.2 Å². The van der Waals surface area contributed by atoms with Crippen molar-refractivity contribution in [3.05, 3.63) is 85.0 Å². The maximum Gasteiger partial charge on any atom is 0.192 e. The van der Waals surface area contributed by atoms with Gasteiger partial charge in [0.05, 0.1) is 0 Å². The SMILES string of the molecule is C=CC(=O)COc1ccc(C(C)(C)c2ccc(OCC(=O)C=C)cc2)cc1. The molecule has 0 aliphatic heterocycles. The number of carbonyl (C=O) groups excluding carboxylic acids is 2. The van der Waals surface area contributed by atoms with Gasteiger partial charge >= 0.3 is 0 Å². The summed E-state index contributed by atoms with van der Waals surface area (Å²) in [4.78, 5) is 22.5. The molecule has 140 valence electrons. The molecule has 0 amide bonds. The number of benzene rings is 2. The zero-order chi connectivity index (χ0) is 19.9. The van der Waals surface area contributed by atoms with Crippen LogP contribution < -0.4 is 9.47 Å². The molecule has 0 saturated carbocycles. The Labute approximate surface area is 160 Å². The van der Waals surface area contributed by atoms with Gasteiger partial charge in [0.15, 0.2) is 24.8 Å². The summed E-state index contributed by atoms with van der Waals surface area (Å²) in [5.41, 5.74) is 1.99. The second-order valence-electron chi connectivity index (χ2n) is 6.59. The number of rotatable bonds is 10. The molecule has 4 nitrogen and oxygen atoms in total. The summed E-state index contributed by atoms with van der Waals surface area (Å²) in [6.07, 6.45) is 2.50. The third-order valence-corrected chi connectivity index (χ3v) is 4.37. The fourth-order valence-corrected chi connectivity index (χ4v) is 2.53. The average Bonchev–Trinajstić information content (AvgIpc) is 2.70. The predicted octanol–water partition coefficient (Wildman–Crippen LogP) is 4.28. The summed E-state index contributed by atoms with van der Waals surface area (Å²) < 4.78 is 10.9. The molecule has 2 rings (SSSR count). The third kappa shape index (κ3) is 5.42. The van der Waals surface area contributed by atoms with E-state index < -0.39 is 0 Å². The van der Waals surface area contributed by atoms with Crippen molar-refractivity contribution in [2.24, 2.45) is 0 Å². The van der Waals surface area contributed by atoms with Gasteiger partial charge in [-0.05, 0) is 47.5 Å². The summed E-state index contributed by atoms with van der Waals surface area (Å²) in [6.45, 7) is 11.1. The summed E-state index contributed by atoms with van der Waals surface area (Å²) >= 11 is 0. The quantitative estimate of drug-likeness (QED) is 0.591. The number of ether oxygens (including phenoxy) is 2. The first-order valence-electron chi connectivity index (χ1n) is 8.64. The highest BCUT2D eigenvalue weighted by molar-refractivity contribution is 5.90. The first-order chi connectivity index (χ1) is 12.9. The van der Waals surface area contributed by atoms with Gasteiger partial charge in [-0.1, -0.05) is 51.3 Å². The third-order valence-electron chi connectivity index (χ3n) is 4.37. The minimum Gasteiger partial charge on any atom is -0.485 e. The van der Waals surface area contributed by atoms with Crippen LogP contribution in [0.15, 0.2) is 73.8 Å². The van der Waals surface area contributed by atoms with E-state index in [0.717, 1.165) is 11.1 Å². The van der Waals surface area contributed by atoms with Crippen LogP contribution in [0.3, 0.4) is 0 Å². The van der Waals surface area contributed by atoms with Crippen molar-refractivity contribution in [3.8, 4) is 11.5 Å². The van der Waals surface area contributed by atoms with E-state index in [0.29, 0.717) is 11.5 Å². The Balaban J connectivity index is 2.08. The van der Waals surface area contributed by atoms with E-state index in [4.69, 9.17) is 9.47 Å². The number of hydrogen-bond donors (Lipinski definition) is 0. The lowest BCUT2D eigenvalue weighted by molar-refractivity contribution is -0.117. The second kappa shape index (κ2) is 8.99. The van der Waals surface area contributed by atoms with E-state index in [1.165, 1.54) is 12.2 Å². The Kier molecular flexibility index (Phi) is 6.72. The van der Waals surface area contributed by atoms with Gasteiger partial charge in [-0.2, -0.15) is 0 Å². The topological polar surface area (TPSA) is 52.6 Å². The normalized spacial score (nSPS) is 10.7. The maximum absolute atomic E-state index is 11.2. The van der Waals surface area contributed by atoms with Gasteiger partial charge in [-0.3, -0.25) is 9.59 Å². The van der Waals surface area contributed by atoms with E-state index in [1.807, 2.05) is 48.5 Å². The molecular weight excluding hydrogens is 340 g/mol. The largest absolute Gasteiger partial charge is 0.485 e. The van der Waals surface area contributed by atoms with Gasteiger partial charge in [0, 0.05) is 5.41 Å². The number of carbonyl (C=O) groups is 2. The van der Waals surface area contributed by atoms with Crippen molar-refractivity contribution in [1.82, 2.24) is 0 Å². The molecule has 0 saturated heterocycles. The minimum absolute atomic E-state index is 0.0118. The van der Waals surface area contributed by atoms with Gasteiger partial charge in [-0.15, -0.1) is 0 Å². The van der Waals surface area contributed by atoms with Crippen LogP contribution in [0, 0.1) is 0 Å². The molecule has 27 heavy (non-hydrogen) atoms. The van der Waals surface area contributed by atoms with Crippen molar-refractivity contribution in [2.75, 3.05) is 13.2 Å². The van der Waals surface area contributed by atoms with Crippen molar-refractivity contribution in [3.63, 3.8) is 0 Å². The van der Waals surface area contributed by atoms with E-state index in [2.05, 4.69) is 27.0 Å². The van der Waals surface area contributed by atoms with E-state index in [1.54, 1.807) is 0 Å². The first kappa shape index (κ1) is 20.2. The molecule has 2 aromatic carbocycles. The first-order valence-corrected chi connectivity index (χ1v) is 8.64. The molecule has 0 bridgehead atoms. The van der Waals surface area contributed by atoms with Crippen LogP contribution in [0.5, 0.6) is 11.5 Å². The van der Waals surface area contributed by atoms with Crippen molar-refractivity contribution in [1.29, 1.82) is 0 Å². The minimum atomic E-state index is -0.231. The predicted molar refractivity (Wildman–Crippen MR) is 106 cm³/mol. The molecule has 2 aromatic rings. The summed E-state index contributed by atoms with van der Waals surface area (Å²) in [7, 11) is 0. The lowest BCUT2D eigenvalue weighted by Crippen LogP contribution is -2.19. The van der Waals surface area contributed by atoms with E-state index >= 15 is 0 Å². The lowest BCUT2D eigenvalue weighted by atomic mass is 9.78. The van der Waals surface area contributed by atoms with Gasteiger partial charge in [0.2, 0.25) is 0 Å². The molecule has 0 atom stereocenters. The fourth-order valence-electron chi connectivity index (χ4n) is 2.53. The zero-order valence-electron chi connectivity index (χ0n) is 15.7. The summed E-state index contributed by atoms with van der Waals surface area (Å²) in [5, 5.41) is 0. The van der Waals surface area contributed by atoms with Gasteiger partial charge in [-0.25, -0.2) is 0 Å². The van der Waals surface area contributed by atoms with Gasteiger partial charge < -0.3 is 9.47 Å². The molecule has 0 aromatic heterocycles. The van der Waals surface area contributed by atoms with Gasteiger partial charge in [0.1, 0.15) is 11.5 Å². The highest BCUT2D eigenvalue weighted by Gasteiger charge is 2.23. The lowest BCUT2D eigenvalue weighted by Gasteiger charge is -2.26. The Bertz CT molecular complexity index is 745. The molecule has 0 fully saturated rings. The Morgan fingerprint density at radius 2 is 1.11 bits per heavy atom. The zero-order valence-corrected chi connectivity index (χ0v) is 15.7. The van der Waals surface area contributed by atoms with Crippen LogP contribution >= 0.6 is 0 Å². The highest BCUT2D eigenvalue weighted by atomic mass is 16.5. The van der Waals surface area contributed by atoms with Crippen molar-refractivity contribution >= 4 is 11.6 Å². The van der Waals surface area contributed by atoms with Crippen molar-refractivity contribution in [2.45, 2.75) is 19.3 Å². The molecule has 0 aliphatic rings. The Hall–Kier alpha value is -3.14. The summed E-state index contributed by atoms with van der Waals surface area (Å²) in [5.74, 6) is 0.966. The van der Waals surface area contributed by atoms with E-state index in [9.17, 15) is 9.59 Å². The molecule has 0 spiro atoms. The molecule has 0 radical (unpaired) electrons. The molecule has 0 unspecified atom stereocenters. The van der Waals surface area contributed by atoms with Gasteiger partial charge in [0.25, 0.3) is 0 Å². The van der Waals surface area contributed by atoms with Crippen LogP contribution in [0.25, 0.3) is 0 Å². The van der Waals surface area contributed by atoms with Crippen LogP contribution in [-0.2, 0) is 15.0 Å². The maximum atomic E-state index is 11.2. The molecular formula is C23H24O4. The van der Waals surface area contributed by atoms with Crippen molar-refractivity contribution < 1.29 is 19.1 Å². The fraction of sp³-hybridized carbons (Fsp3) is 0.217. The Morgan fingerprint density at radius 3 is 1.41 bits per heavy atom. The molecule has 0 heterocycles. The van der Waals surface area contributed by atoms with Crippen LogP contribution in [0.4, 0.5) is 0 Å². The van der Waals surface area contributed by atoms with Crippen LogP contribution in [0.2, 0.25) is 0 Å². The average molecular weight is 364 g/mol. The number of hydrogen-bond acceptors (Lipinski definition) is 4.